The smallest absolute Gasteiger partial charge is 0.410 e. The number of hydrogen-bond donors (Lipinski definition) is 0. The van der Waals surface area contributed by atoms with E-state index in [0.29, 0.717) is 45.1 Å². The number of rotatable bonds is 33. The van der Waals surface area contributed by atoms with Crippen molar-refractivity contribution in [2.24, 2.45) is 23.7 Å². The average molecular weight is 1340 g/mol. The lowest BCUT2D eigenvalue weighted by atomic mass is 10.0. The first-order valence-electron chi connectivity index (χ1n) is 34.2. The molecule has 0 spiro atoms. The minimum atomic E-state index is -1.51. The van der Waals surface area contributed by atoms with Gasteiger partial charge in [-0.1, -0.05) is 108 Å². The Morgan fingerprint density at radius 2 is 0.896 bits per heavy atom. The van der Waals surface area contributed by atoms with E-state index in [1.807, 2.05) is 94.4 Å². The van der Waals surface area contributed by atoms with Gasteiger partial charge in [0.15, 0.2) is 24.4 Å². The molecule has 23 heteroatoms. The van der Waals surface area contributed by atoms with E-state index < -0.39 is 108 Å². The summed E-state index contributed by atoms with van der Waals surface area (Å²) in [6.45, 7) is 20.6. The molecule has 4 aliphatic rings. The van der Waals surface area contributed by atoms with Crippen molar-refractivity contribution in [2.45, 2.75) is 194 Å². The molecule has 0 unspecified atom stereocenters. The van der Waals surface area contributed by atoms with Crippen LogP contribution in [-0.2, 0) is 95.7 Å². The number of benzene rings is 3. The minimum absolute atomic E-state index is 0.0196. The zero-order chi connectivity index (χ0) is 70.0. The van der Waals surface area contributed by atoms with Crippen molar-refractivity contribution in [3.05, 3.63) is 95.6 Å². The Bertz CT molecular complexity index is 3070. The second kappa shape index (κ2) is 35.5. The Labute approximate surface area is 567 Å². The lowest BCUT2D eigenvalue weighted by Gasteiger charge is -2.34. The molecule has 4 fully saturated rings. The van der Waals surface area contributed by atoms with Gasteiger partial charge in [0.25, 0.3) is 17.7 Å². The van der Waals surface area contributed by atoms with Crippen LogP contribution >= 0.6 is 0 Å². The Morgan fingerprint density at radius 1 is 0.479 bits per heavy atom. The molecule has 0 aromatic heterocycles. The number of hydrogen-bond acceptors (Lipinski definition) is 19. The summed E-state index contributed by atoms with van der Waals surface area (Å²) in [4.78, 5) is 139. The van der Waals surface area contributed by atoms with E-state index in [0.717, 1.165) is 61.3 Å². The number of morpholine rings is 2. The summed E-state index contributed by atoms with van der Waals surface area (Å²) in [7, 11) is 5.72. The maximum atomic E-state index is 15.1. The van der Waals surface area contributed by atoms with E-state index in [2.05, 4.69) is 9.80 Å². The van der Waals surface area contributed by atoms with Gasteiger partial charge in [-0.15, -0.1) is 0 Å². The maximum Gasteiger partial charge on any atom is 0.410 e. The second-order valence-corrected chi connectivity index (χ2v) is 28.0. The number of aryl methyl sites for hydroxylation is 1. The van der Waals surface area contributed by atoms with Crippen molar-refractivity contribution in [2.75, 3.05) is 90.6 Å². The highest BCUT2D eigenvalue weighted by molar-refractivity contribution is 5.93. The first-order valence-corrected chi connectivity index (χ1v) is 34.2. The van der Waals surface area contributed by atoms with Gasteiger partial charge in [0.2, 0.25) is 0 Å². The summed E-state index contributed by atoms with van der Waals surface area (Å²) in [6, 6.07) is 19.6. The molecule has 2 aliphatic carbocycles. The molecule has 7 rings (SSSR count). The molecule has 8 atom stereocenters. The van der Waals surface area contributed by atoms with Crippen LogP contribution in [0, 0.1) is 23.7 Å². The predicted octanol–water partition coefficient (Wildman–Crippen LogP) is 8.37. The fourth-order valence-corrected chi connectivity index (χ4v) is 11.7. The van der Waals surface area contributed by atoms with Crippen LogP contribution in [0.2, 0.25) is 0 Å². The van der Waals surface area contributed by atoms with Gasteiger partial charge in [0.1, 0.15) is 36.4 Å². The maximum absolute atomic E-state index is 15.1. The van der Waals surface area contributed by atoms with Crippen LogP contribution in [0.4, 0.5) is 16.2 Å². The number of likely N-dealkylation sites (N-methyl/N-ethyl adjacent to an activating group) is 4. The molecule has 0 N–H and O–H groups in total. The molecule has 96 heavy (non-hydrogen) atoms. The van der Waals surface area contributed by atoms with Crippen LogP contribution in [-0.4, -0.2) is 208 Å². The molecule has 4 amide bonds. The van der Waals surface area contributed by atoms with E-state index in [4.69, 9.17) is 37.9 Å². The van der Waals surface area contributed by atoms with Crippen molar-refractivity contribution >= 4 is 65.0 Å². The molecule has 23 nitrogen and oxygen atoms in total. The standard InChI is InChI=1S/C73H104N6O17/c1-47(2)41-58(76(12)66(82)63(45-54-25-30-57(31-26-54)79-35-39-90-40-36-79)95-71(87)61(44-53-21-22-53)77(13)72(88)96-73(7,8)9)68(84)92-49(5)64(80)74(10)60(43-52-19-20-52)70(86)94-62(32-27-51-23-28-56(29-24-51)78-33-37-89-38-34-78)65(81)75(11)59(42-48(3)4)69(85)93-50(6)67(83)91-46-55-17-15-14-16-18-55/h14-18,23-26,28-31,47-50,52-53,58-63H,19-22,27,32-46H2,1-13H3/t49-,50-,58+,59+,60+,61+,62-,63-/m1/s1. The largest absolute Gasteiger partial charge is 0.458 e. The zero-order valence-electron chi connectivity index (χ0n) is 58.7. The van der Waals surface area contributed by atoms with Crippen LogP contribution in [0.1, 0.15) is 137 Å². The summed E-state index contributed by atoms with van der Waals surface area (Å²) in [5.41, 5.74) is 3.34. The van der Waals surface area contributed by atoms with Crippen molar-refractivity contribution in [1.82, 2.24) is 19.6 Å². The lowest BCUT2D eigenvalue weighted by molar-refractivity contribution is -0.176. The Balaban J connectivity index is 1.09. The molecule has 2 heterocycles. The van der Waals surface area contributed by atoms with Crippen LogP contribution < -0.4 is 9.80 Å². The molecule has 2 aliphatic heterocycles. The van der Waals surface area contributed by atoms with Gasteiger partial charge in [-0.3, -0.25) is 19.3 Å². The molecule has 528 valence electrons. The monoisotopic (exact) mass is 1340 g/mol. The SMILES string of the molecule is CC(C)C[C@@H](C(=O)O[C@H](C)C(=O)N(C)[C@@H](CC1CC1)C(=O)O[C@H](CCc1ccc(N2CCOCC2)cc1)C(=O)N(C)[C@@H](CC(C)C)C(=O)O[C@H](C)C(=O)OCc1ccccc1)N(C)C(=O)[C@@H](Cc1ccc(N2CCOCC2)cc1)OC(=O)[C@H](CC1CC1)N(C)C(=O)OC(C)(C)C. The number of anilines is 2. The van der Waals surface area contributed by atoms with Crippen LogP contribution in [0.5, 0.6) is 0 Å². The van der Waals surface area contributed by atoms with E-state index in [1.54, 1.807) is 32.9 Å². The number of carbonyl (C=O) groups is 9. The van der Waals surface area contributed by atoms with Gasteiger partial charge in [-0.25, -0.2) is 28.8 Å². The topological polar surface area (TPSA) is 247 Å². The van der Waals surface area contributed by atoms with Crippen molar-refractivity contribution < 1.29 is 81.0 Å². The third-order valence-corrected chi connectivity index (χ3v) is 17.9. The highest BCUT2D eigenvalue weighted by atomic mass is 16.6. The van der Waals surface area contributed by atoms with Gasteiger partial charge >= 0.3 is 35.9 Å². The summed E-state index contributed by atoms with van der Waals surface area (Å²) >= 11 is 0. The second-order valence-electron chi connectivity index (χ2n) is 28.0. The van der Waals surface area contributed by atoms with Crippen LogP contribution in [0.3, 0.4) is 0 Å². The predicted molar refractivity (Wildman–Crippen MR) is 359 cm³/mol. The third kappa shape index (κ3) is 22.9. The normalized spacial score (nSPS) is 17.5. The Kier molecular flexibility index (Phi) is 27.9. The first-order chi connectivity index (χ1) is 45.6. The van der Waals surface area contributed by atoms with E-state index in [1.165, 1.54) is 61.6 Å². The van der Waals surface area contributed by atoms with Gasteiger partial charge in [-0.05, 0) is 138 Å². The molecule has 0 bridgehead atoms. The quantitative estimate of drug-likeness (QED) is 0.0410. The third-order valence-electron chi connectivity index (χ3n) is 17.9. The molecular formula is C73H104N6O17. The fraction of sp³-hybridized carbons (Fsp3) is 0.630. The van der Waals surface area contributed by atoms with Crippen LogP contribution in [0.25, 0.3) is 0 Å². The van der Waals surface area contributed by atoms with Gasteiger partial charge in [-0.2, -0.15) is 0 Å². The van der Waals surface area contributed by atoms with Gasteiger partial charge in [0, 0.05) is 72.2 Å². The first kappa shape index (κ1) is 75.6. The summed E-state index contributed by atoms with van der Waals surface area (Å²) in [5.74, 6) is -6.61. The highest BCUT2D eigenvalue weighted by Crippen LogP contribution is 2.37. The number of esters is 5. The molecule has 3 aromatic carbocycles. The lowest BCUT2D eigenvalue weighted by Crippen LogP contribution is -2.53. The number of amides is 4. The number of ether oxygens (including phenoxy) is 8. The molecular weight excluding hydrogens is 1230 g/mol. The molecule has 2 saturated carbocycles. The molecule has 0 radical (unpaired) electrons. The average Bonchev–Trinajstić information content (AvgIpc) is 1.48. The van der Waals surface area contributed by atoms with Crippen molar-refractivity contribution in [1.29, 1.82) is 0 Å². The van der Waals surface area contributed by atoms with E-state index in [-0.39, 0.29) is 75.2 Å². The highest BCUT2D eigenvalue weighted by Gasteiger charge is 2.44. The molecule has 2 saturated heterocycles. The van der Waals surface area contributed by atoms with E-state index in [9.17, 15) is 33.6 Å². The fourth-order valence-electron chi connectivity index (χ4n) is 11.7. The van der Waals surface area contributed by atoms with Gasteiger partial charge in [0.05, 0.1) is 26.4 Å². The Hall–Kier alpha value is -7.79. The zero-order valence-corrected chi connectivity index (χ0v) is 58.7. The van der Waals surface area contributed by atoms with Gasteiger partial charge < -0.3 is 62.4 Å². The Morgan fingerprint density at radius 3 is 1.35 bits per heavy atom. The minimum Gasteiger partial charge on any atom is -0.458 e. The summed E-state index contributed by atoms with van der Waals surface area (Å²) in [5, 5.41) is 0. The summed E-state index contributed by atoms with van der Waals surface area (Å²) < 4.78 is 46.4. The summed E-state index contributed by atoms with van der Waals surface area (Å²) in [6.07, 6.45) is -2.43. The van der Waals surface area contributed by atoms with Crippen molar-refractivity contribution in [3.63, 3.8) is 0 Å². The molecule has 3 aromatic rings. The number of carbonyl (C=O) groups excluding carboxylic acids is 9. The van der Waals surface area contributed by atoms with E-state index >= 15 is 9.59 Å². The number of nitrogens with zero attached hydrogens (tertiary/aromatic N) is 6. The van der Waals surface area contributed by atoms with Crippen molar-refractivity contribution in [3.8, 4) is 0 Å². The van der Waals surface area contributed by atoms with Crippen LogP contribution in [0.15, 0.2) is 78.9 Å².